The van der Waals surface area contributed by atoms with E-state index in [0.717, 1.165) is 75.2 Å². The van der Waals surface area contributed by atoms with Gasteiger partial charge in [-0.05, 0) is 48.2 Å². The smallest absolute Gasteiger partial charge is 0.282 e. The Morgan fingerprint density at radius 3 is 2.47 bits per heavy atom. The van der Waals surface area contributed by atoms with Gasteiger partial charge in [-0.25, -0.2) is 0 Å². The highest BCUT2D eigenvalue weighted by Crippen LogP contribution is 2.22. The number of nitrogens with zero attached hydrogens (tertiary/aromatic N) is 4. The van der Waals surface area contributed by atoms with Crippen LogP contribution in [0.4, 0.5) is 5.69 Å². The number of nitrogens with one attached hydrogen (secondary N) is 1. The van der Waals surface area contributed by atoms with Gasteiger partial charge in [0, 0.05) is 55.9 Å². The molecule has 0 radical (unpaired) electrons. The number of amides is 1. The van der Waals surface area contributed by atoms with Crippen LogP contribution in [0.3, 0.4) is 0 Å². The topological polar surface area (TPSA) is 70.6 Å². The number of halogens is 1. The number of benzene rings is 2. The molecule has 5 rings (SSSR count). The van der Waals surface area contributed by atoms with Crippen LogP contribution in [0, 0.1) is 0 Å². The lowest BCUT2D eigenvalue weighted by atomic mass is 10.1. The molecule has 3 aromatic rings. The van der Waals surface area contributed by atoms with Crippen LogP contribution < -0.4 is 10.2 Å². The zero-order valence-corrected chi connectivity index (χ0v) is 21.2. The molecular formula is C27H34ClN5O2S. The van der Waals surface area contributed by atoms with E-state index in [1.165, 1.54) is 28.2 Å². The van der Waals surface area contributed by atoms with Gasteiger partial charge in [-0.2, -0.15) is 0 Å². The molecule has 1 atom stereocenters. The Hall–Kier alpha value is -2.52. The lowest BCUT2D eigenvalue weighted by molar-refractivity contribution is 0.0342. The molecule has 1 N–H and O–H groups in total. The Morgan fingerprint density at radius 1 is 1.00 bits per heavy atom. The maximum Gasteiger partial charge on any atom is 0.282 e. The average Bonchev–Trinajstić information content (AvgIpc) is 3.55. The molecule has 3 heterocycles. The number of hydrogen-bond acceptors (Lipinski definition) is 7. The van der Waals surface area contributed by atoms with Gasteiger partial charge in [0.1, 0.15) is 5.01 Å². The molecule has 2 fully saturated rings. The second-order valence-corrected chi connectivity index (χ2v) is 10.6. The first-order valence-corrected chi connectivity index (χ1v) is 13.3. The fourth-order valence-electron chi connectivity index (χ4n) is 4.54. The van der Waals surface area contributed by atoms with Gasteiger partial charge in [-0.1, -0.05) is 54.6 Å². The maximum atomic E-state index is 12.8. The molecule has 2 aliphatic rings. The normalized spacial score (nSPS) is 18.1. The SMILES string of the molecule is C.O=C(N[C@H]1CCN(c2ccc(CN3CCOCC3)cc2)C1)c1nnc(CCc2ccc(Cl)cc2)s1. The Morgan fingerprint density at radius 2 is 1.72 bits per heavy atom. The summed E-state index contributed by atoms with van der Waals surface area (Å²) < 4.78 is 5.43. The minimum absolute atomic E-state index is 0. The molecule has 2 aromatic carbocycles. The Labute approximate surface area is 222 Å². The third-order valence-electron chi connectivity index (χ3n) is 6.54. The van der Waals surface area contributed by atoms with Gasteiger partial charge < -0.3 is 15.0 Å². The van der Waals surface area contributed by atoms with Gasteiger partial charge in [0.25, 0.3) is 5.91 Å². The summed E-state index contributed by atoms with van der Waals surface area (Å²) in [6, 6.07) is 16.7. The number of carbonyl (C=O) groups excluding carboxylic acids is 1. The second-order valence-electron chi connectivity index (χ2n) is 9.09. The van der Waals surface area contributed by atoms with Gasteiger partial charge >= 0.3 is 0 Å². The monoisotopic (exact) mass is 527 g/mol. The number of morpholine rings is 1. The zero-order chi connectivity index (χ0) is 24.0. The highest BCUT2D eigenvalue weighted by atomic mass is 35.5. The first kappa shape index (κ1) is 26.5. The molecule has 2 aliphatic heterocycles. The average molecular weight is 528 g/mol. The van der Waals surface area contributed by atoms with Crippen LogP contribution in [0.2, 0.25) is 5.02 Å². The molecule has 0 saturated carbocycles. The van der Waals surface area contributed by atoms with E-state index in [4.69, 9.17) is 16.3 Å². The number of aryl methyl sites for hydroxylation is 2. The van der Waals surface area contributed by atoms with Crippen molar-refractivity contribution in [1.82, 2.24) is 20.4 Å². The molecule has 0 bridgehead atoms. The highest BCUT2D eigenvalue weighted by Gasteiger charge is 2.26. The summed E-state index contributed by atoms with van der Waals surface area (Å²) >= 11 is 7.32. The summed E-state index contributed by atoms with van der Waals surface area (Å²) in [5, 5.41) is 13.5. The van der Waals surface area contributed by atoms with Crippen molar-refractivity contribution in [3.05, 3.63) is 74.7 Å². The van der Waals surface area contributed by atoms with Crippen molar-refractivity contribution in [3.63, 3.8) is 0 Å². The zero-order valence-electron chi connectivity index (χ0n) is 19.7. The standard InChI is InChI=1S/C26H30ClN5O2S.CH4/c27-21-6-1-19(2-7-21)5-10-24-29-30-26(35-24)25(33)28-22-11-12-32(18-22)23-8-3-20(4-9-23)17-31-13-15-34-16-14-31;/h1-4,6-9,22H,5,10-18H2,(H,28,33);1H4/t22-;/m0./s1. The predicted molar refractivity (Wildman–Crippen MR) is 146 cm³/mol. The molecule has 1 amide bonds. The van der Waals surface area contributed by atoms with Crippen molar-refractivity contribution in [2.24, 2.45) is 0 Å². The highest BCUT2D eigenvalue weighted by molar-refractivity contribution is 7.13. The lowest BCUT2D eigenvalue weighted by Gasteiger charge is -2.27. The molecule has 9 heteroatoms. The second kappa shape index (κ2) is 12.6. The summed E-state index contributed by atoms with van der Waals surface area (Å²) in [5.74, 6) is -0.132. The van der Waals surface area contributed by atoms with Gasteiger partial charge in [-0.15, -0.1) is 10.2 Å². The van der Waals surface area contributed by atoms with Crippen molar-refractivity contribution in [3.8, 4) is 0 Å². The third kappa shape index (κ3) is 7.03. The maximum absolute atomic E-state index is 12.8. The van der Waals surface area contributed by atoms with Crippen molar-refractivity contribution >= 4 is 34.5 Å². The van der Waals surface area contributed by atoms with E-state index in [2.05, 4.69) is 49.6 Å². The lowest BCUT2D eigenvalue weighted by Crippen LogP contribution is -2.37. The van der Waals surface area contributed by atoms with E-state index < -0.39 is 0 Å². The number of hydrogen-bond donors (Lipinski definition) is 1. The van der Waals surface area contributed by atoms with Crippen molar-refractivity contribution in [2.75, 3.05) is 44.3 Å². The number of carbonyl (C=O) groups is 1. The molecule has 0 spiro atoms. The molecule has 0 unspecified atom stereocenters. The predicted octanol–water partition coefficient (Wildman–Crippen LogP) is 4.45. The molecule has 36 heavy (non-hydrogen) atoms. The van der Waals surface area contributed by atoms with Crippen molar-refractivity contribution < 1.29 is 9.53 Å². The summed E-state index contributed by atoms with van der Waals surface area (Å²) in [5.41, 5.74) is 3.71. The fraction of sp³-hybridized carbons (Fsp3) is 0.444. The van der Waals surface area contributed by atoms with Crippen LogP contribution >= 0.6 is 22.9 Å². The number of aromatic nitrogens is 2. The van der Waals surface area contributed by atoms with Crippen molar-refractivity contribution in [2.45, 2.75) is 39.3 Å². The molecule has 192 valence electrons. The van der Waals surface area contributed by atoms with Gasteiger partial charge in [0.2, 0.25) is 5.01 Å². The van der Waals surface area contributed by atoms with Crippen LogP contribution in [0.1, 0.15) is 39.8 Å². The van der Waals surface area contributed by atoms with Crippen LogP contribution in [-0.2, 0) is 24.1 Å². The van der Waals surface area contributed by atoms with E-state index in [-0.39, 0.29) is 19.4 Å². The number of anilines is 1. The van der Waals surface area contributed by atoms with E-state index >= 15 is 0 Å². The van der Waals surface area contributed by atoms with Gasteiger partial charge in [0.15, 0.2) is 0 Å². The summed E-state index contributed by atoms with van der Waals surface area (Å²) in [4.78, 5) is 17.5. The summed E-state index contributed by atoms with van der Waals surface area (Å²) in [6.07, 6.45) is 2.52. The van der Waals surface area contributed by atoms with E-state index in [1.54, 1.807) is 0 Å². The summed E-state index contributed by atoms with van der Waals surface area (Å²) in [6.45, 7) is 6.32. The molecule has 0 aliphatic carbocycles. The van der Waals surface area contributed by atoms with Crippen LogP contribution in [0.5, 0.6) is 0 Å². The minimum Gasteiger partial charge on any atom is -0.379 e. The van der Waals surface area contributed by atoms with Crippen LogP contribution in [0.25, 0.3) is 0 Å². The molecular weight excluding hydrogens is 494 g/mol. The number of ether oxygens (including phenoxy) is 1. The Kier molecular flexibility index (Phi) is 9.31. The quantitative estimate of drug-likeness (QED) is 0.466. The summed E-state index contributed by atoms with van der Waals surface area (Å²) in [7, 11) is 0. The first-order chi connectivity index (χ1) is 17.1. The molecule has 1 aromatic heterocycles. The number of rotatable bonds is 8. The largest absolute Gasteiger partial charge is 0.379 e. The van der Waals surface area contributed by atoms with Crippen LogP contribution in [0.15, 0.2) is 48.5 Å². The van der Waals surface area contributed by atoms with Gasteiger partial charge in [-0.3, -0.25) is 9.69 Å². The van der Waals surface area contributed by atoms with Crippen molar-refractivity contribution in [1.29, 1.82) is 0 Å². The van der Waals surface area contributed by atoms with E-state index in [0.29, 0.717) is 5.01 Å². The van der Waals surface area contributed by atoms with E-state index in [9.17, 15) is 4.79 Å². The Balaban J connectivity index is 0.00000304. The third-order valence-corrected chi connectivity index (χ3v) is 7.77. The van der Waals surface area contributed by atoms with Gasteiger partial charge in [0.05, 0.1) is 13.2 Å². The van der Waals surface area contributed by atoms with Crippen LogP contribution in [-0.4, -0.2) is 66.4 Å². The first-order valence-electron chi connectivity index (χ1n) is 12.1. The fourth-order valence-corrected chi connectivity index (χ4v) is 5.41. The van der Waals surface area contributed by atoms with E-state index in [1.807, 2.05) is 24.3 Å². The molecule has 2 saturated heterocycles. The molecule has 7 nitrogen and oxygen atoms in total. The minimum atomic E-state index is -0.132. The Bertz CT molecular complexity index is 1120.